The van der Waals surface area contributed by atoms with Crippen molar-refractivity contribution >= 4 is 58.0 Å². The van der Waals surface area contributed by atoms with Crippen LogP contribution in [0.1, 0.15) is 153 Å². The molecule has 61 heavy (non-hydrogen) atoms. The normalized spacial score (nSPS) is 11.3. The summed E-state index contributed by atoms with van der Waals surface area (Å²) in [5, 5.41) is 22.5. The number of hydrogen-bond acceptors (Lipinski definition) is 9. The first-order chi connectivity index (χ1) is 28.8. The van der Waals surface area contributed by atoms with Crippen LogP contribution in [-0.4, -0.2) is 68.8 Å². The van der Waals surface area contributed by atoms with E-state index in [1.165, 1.54) is 164 Å². The number of ether oxygens (including phenoxy) is 2. The molecule has 0 unspecified atom stereocenters. The van der Waals surface area contributed by atoms with Gasteiger partial charge in [0.15, 0.2) is 11.5 Å². The molecule has 4 aromatic carbocycles. The summed E-state index contributed by atoms with van der Waals surface area (Å²) in [4.78, 5) is -0.532. The number of aryl methyl sites for hydroxylation is 2. The molecule has 0 aliphatic carbocycles. The van der Waals surface area contributed by atoms with Gasteiger partial charge in [-0.05, 0) is 104 Å². The van der Waals surface area contributed by atoms with Crippen molar-refractivity contribution in [2.24, 2.45) is 0 Å². The number of rotatable bonds is 28. The summed E-state index contributed by atoms with van der Waals surface area (Å²) in [5.74, 6) is 1.02. The number of hydrogen-bond donors (Lipinski definition) is 2. The van der Waals surface area contributed by atoms with Crippen LogP contribution in [0.5, 0.6) is 34.5 Å². The van der Waals surface area contributed by atoms with Crippen molar-refractivity contribution < 1.29 is 45.6 Å². The van der Waals surface area contributed by atoms with Gasteiger partial charge in [-0.25, -0.2) is 8.42 Å². The van der Waals surface area contributed by atoms with Crippen LogP contribution in [0, 0.1) is 0 Å². The van der Waals surface area contributed by atoms with E-state index in [1.807, 2.05) is 12.1 Å². The number of phenolic OH excluding ortho intramolecular Hbond substituents is 1. The quantitative estimate of drug-likeness (QED) is 0.0317. The molecule has 0 aromatic heterocycles. The topological polar surface area (TPSA) is 173 Å². The summed E-state index contributed by atoms with van der Waals surface area (Å²) < 4.78 is 75.2. The number of phenols is 1. The van der Waals surface area contributed by atoms with Crippen molar-refractivity contribution in [3.63, 3.8) is 0 Å². The van der Waals surface area contributed by atoms with Gasteiger partial charge in [0.1, 0.15) is 27.4 Å². The molecule has 0 aliphatic heterocycles. The first kappa shape index (κ1) is 54.3. The van der Waals surface area contributed by atoms with E-state index < -0.39 is 20.2 Å². The molecule has 0 spiro atoms. The van der Waals surface area contributed by atoms with Gasteiger partial charge in [-0.1, -0.05) is 153 Å². The van der Waals surface area contributed by atoms with E-state index in [9.17, 15) is 31.6 Å². The van der Waals surface area contributed by atoms with E-state index >= 15 is 0 Å². The maximum absolute atomic E-state index is 12.3. The molecule has 10 nitrogen and oxygen atoms in total. The molecule has 0 radical (unpaired) electrons. The average molecular weight is 907 g/mol. The second-order valence-corrected chi connectivity index (χ2v) is 18.3. The van der Waals surface area contributed by atoms with Crippen molar-refractivity contribution in [2.45, 2.75) is 165 Å². The third-order valence-corrected chi connectivity index (χ3v) is 12.1. The van der Waals surface area contributed by atoms with Crippen molar-refractivity contribution in [2.75, 3.05) is 0 Å². The van der Waals surface area contributed by atoms with E-state index in [1.54, 1.807) is 24.3 Å². The van der Waals surface area contributed by atoms with Gasteiger partial charge in [0.2, 0.25) is 0 Å². The Kier molecular flexibility index (Phi) is 27.0. The molecule has 0 bridgehead atoms. The first-order valence-electron chi connectivity index (χ1n) is 21.9. The monoisotopic (exact) mass is 906 g/mol. The standard InChI is InChI=1S/2C24H34O5S.Ca/c2*1-2-3-4-5-6-7-8-9-10-11-12-20-13-18-24(23(25)19-20)29-21-14-16-22(17-15-21)30(26,27)28;/h2*13-19,25H,2-12H2,1H3,(H,26,27,28);/q;;+2/p-2. The fourth-order valence-electron chi connectivity index (χ4n) is 6.84. The van der Waals surface area contributed by atoms with Gasteiger partial charge in [0.25, 0.3) is 10.1 Å². The Morgan fingerprint density at radius 3 is 1.23 bits per heavy atom. The molecule has 4 rings (SSSR count). The molecular weight excluding hydrogens is 841 g/mol. The van der Waals surface area contributed by atoms with Gasteiger partial charge in [-0.3, -0.25) is 4.55 Å². The van der Waals surface area contributed by atoms with Gasteiger partial charge >= 0.3 is 37.7 Å². The maximum atomic E-state index is 12.3. The molecule has 332 valence electrons. The number of unbranched alkanes of at least 4 members (excludes halogenated alkanes) is 18. The minimum absolute atomic E-state index is 0. The Balaban J connectivity index is 0.000000413. The molecule has 13 heteroatoms. The molecule has 0 aliphatic rings. The zero-order valence-electron chi connectivity index (χ0n) is 36.3. The molecular formula is C48H66CaO10S2. The molecule has 0 fully saturated rings. The van der Waals surface area contributed by atoms with Crippen LogP contribution in [0.2, 0.25) is 0 Å². The number of aromatic hydroxyl groups is 1. The van der Waals surface area contributed by atoms with Crippen molar-refractivity contribution in [1.82, 2.24) is 0 Å². The molecule has 0 heterocycles. The minimum atomic E-state index is -4.50. The van der Waals surface area contributed by atoms with E-state index in [0.29, 0.717) is 17.2 Å². The fourth-order valence-corrected chi connectivity index (χ4v) is 7.79. The van der Waals surface area contributed by atoms with Crippen LogP contribution in [0.4, 0.5) is 0 Å². The van der Waals surface area contributed by atoms with Crippen molar-refractivity contribution in [1.29, 1.82) is 0 Å². The SMILES string of the molecule is CCCCCCCCCCCCc1ccc(Oc2ccc(S(=O)(=O)O)cc2)c(O)c1.CCCCCCCCCCCCc1ccc(Oc2ccc(S(=O)(=O)[O-])cc2)c([O-])c1.[Ca+2]. The van der Waals surface area contributed by atoms with Crippen molar-refractivity contribution in [3.05, 3.63) is 96.1 Å². The van der Waals surface area contributed by atoms with Gasteiger partial charge < -0.3 is 24.2 Å². The van der Waals surface area contributed by atoms with Gasteiger partial charge in [-0.2, -0.15) is 8.42 Å². The van der Waals surface area contributed by atoms with Crippen LogP contribution >= 0.6 is 0 Å². The Hall–Kier alpha value is -2.84. The summed E-state index contributed by atoms with van der Waals surface area (Å²) >= 11 is 0. The fraction of sp³-hybridized carbons (Fsp3) is 0.500. The molecule has 4 aromatic rings. The zero-order chi connectivity index (χ0) is 43.6. The van der Waals surface area contributed by atoms with Crippen molar-refractivity contribution in [3.8, 4) is 34.5 Å². The van der Waals surface area contributed by atoms with Crippen LogP contribution in [0.3, 0.4) is 0 Å². The van der Waals surface area contributed by atoms with Gasteiger partial charge in [0, 0.05) is 0 Å². The van der Waals surface area contributed by atoms with Gasteiger partial charge in [0.05, 0.1) is 9.79 Å². The molecule has 0 atom stereocenters. The third kappa shape index (κ3) is 22.9. The summed E-state index contributed by atoms with van der Waals surface area (Å²) in [6.45, 7) is 4.48. The molecule has 0 saturated heterocycles. The molecule has 2 N–H and O–H groups in total. The Bertz CT molecular complexity index is 1870. The average Bonchev–Trinajstić information content (AvgIpc) is 3.21. The number of benzene rings is 4. The molecule has 0 amide bonds. The van der Waals surface area contributed by atoms with Crippen LogP contribution in [0.15, 0.2) is 94.7 Å². The summed E-state index contributed by atoms with van der Waals surface area (Å²) in [7, 11) is -8.73. The largest absolute Gasteiger partial charge is 2.00 e. The Labute approximate surface area is 396 Å². The van der Waals surface area contributed by atoms with Gasteiger partial charge in [-0.15, -0.1) is 0 Å². The molecule has 0 saturated carbocycles. The Morgan fingerprint density at radius 2 is 0.852 bits per heavy atom. The zero-order valence-corrected chi connectivity index (χ0v) is 40.2. The van der Waals surface area contributed by atoms with Crippen LogP contribution in [-0.2, 0) is 33.1 Å². The predicted molar refractivity (Wildman–Crippen MR) is 242 cm³/mol. The summed E-state index contributed by atoms with van der Waals surface area (Å²) in [6.07, 6.45) is 27.6. The van der Waals surface area contributed by atoms with E-state index in [2.05, 4.69) is 13.8 Å². The second kappa shape index (κ2) is 30.3. The van der Waals surface area contributed by atoms with Crippen LogP contribution in [0.25, 0.3) is 0 Å². The Morgan fingerprint density at radius 1 is 0.492 bits per heavy atom. The first-order valence-corrected chi connectivity index (χ1v) is 24.8. The smallest absolute Gasteiger partial charge is 0.870 e. The summed E-state index contributed by atoms with van der Waals surface area (Å²) in [6, 6.07) is 20.9. The van der Waals surface area contributed by atoms with Crippen LogP contribution < -0.4 is 14.6 Å². The van der Waals surface area contributed by atoms with E-state index in [0.717, 1.165) is 36.8 Å². The van der Waals surface area contributed by atoms with E-state index in [-0.39, 0.29) is 64.8 Å². The predicted octanol–water partition coefficient (Wildman–Crippen LogP) is 12.4. The third-order valence-electron chi connectivity index (χ3n) is 10.4. The van der Waals surface area contributed by atoms with E-state index in [4.69, 9.17) is 14.0 Å². The minimum Gasteiger partial charge on any atom is -0.870 e. The summed E-state index contributed by atoms with van der Waals surface area (Å²) in [5.41, 5.74) is 2.07. The second-order valence-electron chi connectivity index (χ2n) is 15.5. The maximum Gasteiger partial charge on any atom is 2.00 e.